The van der Waals surface area contributed by atoms with Crippen LogP contribution in [0.4, 0.5) is 4.79 Å². The average molecular weight is 279 g/mol. The summed E-state index contributed by atoms with van der Waals surface area (Å²) in [6, 6.07) is 4.16. The minimum absolute atomic E-state index is 0.0389. The van der Waals surface area contributed by atoms with E-state index in [0.29, 0.717) is 12.6 Å². The van der Waals surface area contributed by atoms with Gasteiger partial charge in [0.15, 0.2) is 0 Å². The molecule has 0 saturated carbocycles. The lowest BCUT2D eigenvalue weighted by atomic mass is 10.0. The van der Waals surface area contributed by atoms with Gasteiger partial charge in [-0.3, -0.25) is 4.90 Å². The lowest BCUT2D eigenvalue weighted by molar-refractivity contribution is 0.149. The highest BCUT2D eigenvalue weighted by atomic mass is 16.3. The number of likely N-dealkylation sites (N-methyl/N-ethyl adjacent to an activating group) is 1. The van der Waals surface area contributed by atoms with Crippen LogP contribution < -0.4 is 5.32 Å². The summed E-state index contributed by atoms with van der Waals surface area (Å²) in [6.07, 6.45) is 5.34. The van der Waals surface area contributed by atoms with Crippen molar-refractivity contribution in [2.45, 2.75) is 38.8 Å². The maximum absolute atomic E-state index is 12.1. The van der Waals surface area contributed by atoms with Crippen LogP contribution in [0.5, 0.6) is 0 Å². The summed E-state index contributed by atoms with van der Waals surface area (Å²) >= 11 is 0. The second-order valence-electron chi connectivity index (χ2n) is 5.40. The summed E-state index contributed by atoms with van der Waals surface area (Å²) in [5, 5.41) is 3.03. The Balaban J connectivity index is 1.76. The highest BCUT2D eigenvalue weighted by molar-refractivity contribution is 5.73. The molecule has 1 aromatic heterocycles. The van der Waals surface area contributed by atoms with Crippen molar-refractivity contribution in [1.82, 2.24) is 15.1 Å². The Labute approximate surface area is 120 Å². The molecular weight excluding hydrogens is 254 g/mol. The van der Waals surface area contributed by atoms with Crippen LogP contribution in [0.2, 0.25) is 0 Å². The fraction of sp³-hybridized carbons (Fsp3) is 0.667. The number of amides is 2. The van der Waals surface area contributed by atoms with Crippen molar-refractivity contribution in [2.75, 3.05) is 26.7 Å². The highest BCUT2D eigenvalue weighted by Gasteiger charge is 2.21. The summed E-state index contributed by atoms with van der Waals surface area (Å²) < 4.78 is 5.25. The summed E-state index contributed by atoms with van der Waals surface area (Å²) in [5.74, 6) is 0.801. The number of carbonyl (C=O) groups excluding carboxylic acids is 1. The van der Waals surface area contributed by atoms with Gasteiger partial charge in [0.2, 0.25) is 0 Å². The topological polar surface area (TPSA) is 48.7 Å². The van der Waals surface area contributed by atoms with Crippen molar-refractivity contribution >= 4 is 6.03 Å². The van der Waals surface area contributed by atoms with Gasteiger partial charge in [-0.15, -0.1) is 0 Å². The Morgan fingerprint density at radius 2 is 2.40 bits per heavy atom. The van der Waals surface area contributed by atoms with E-state index < -0.39 is 0 Å². The maximum Gasteiger partial charge on any atom is 0.317 e. The Kier molecular flexibility index (Phi) is 5.47. The molecule has 0 aromatic carbocycles. The van der Waals surface area contributed by atoms with Crippen LogP contribution in [0.15, 0.2) is 22.8 Å². The molecule has 1 saturated heterocycles. The quantitative estimate of drug-likeness (QED) is 0.899. The fourth-order valence-electron chi connectivity index (χ4n) is 2.76. The van der Waals surface area contributed by atoms with Crippen LogP contribution in [-0.2, 0) is 6.54 Å². The van der Waals surface area contributed by atoms with E-state index in [9.17, 15) is 4.79 Å². The molecule has 1 fully saturated rings. The second-order valence-corrected chi connectivity index (χ2v) is 5.40. The molecule has 20 heavy (non-hydrogen) atoms. The van der Waals surface area contributed by atoms with Crippen molar-refractivity contribution in [3.05, 3.63) is 24.2 Å². The first-order chi connectivity index (χ1) is 9.70. The minimum atomic E-state index is -0.0389. The highest BCUT2D eigenvalue weighted by Crippen LogP contribution is 2.15. The van der Waals surface area contributed by atoms with Gasteiger partial charge in [0.1, 0.15) is 5.76 Å². The van der Waals surface area contributed by atoms with Crippen LogP contribution in [0.25, 0.3) is 0 Å². The lowest BCUT2D eigenvalue weighted by Crippen LogP contribution is -2.48. The summed E-state index contributed by atoms with van der Waals surface area (Å²) in [4.78, 5) is 16.2. The van der Waals surface area contributed by atoms with Gasteiger partial charge < -0.3 is 14.6 Å². The van der Waals surface area contributed by atoms with Gasteiger partial charge in [-0.1, -0.05) is 13.3 Å². The third-order valence-electron chi connectivity index (χ3n) is 3.96. The summed E-state index contributed by atoms with van der Waals surface area (Å²) in [6.45, 7) is 5.63. The smallest absolute Gasteiger partial charge is 0.317 e. The van der Waals surface area contributed by atoms with Gasteiger partial charge in [-0.2, -0.15) is 0 Å². The maximum atomic E-state index is 12.1. The van der Waals surface area contributed by atoms with E-state index in [1.54, 1.807) is 18.2 Å². The number of nitrogens with zero attached hydrogens (tertiary/aromatic N) is 2. The molecule has 0 unspecified atom stereocenters. The molecule has 1 N–H and O–H groups in total. The van der Waals surface area contributed by atoms with Crippen molar-refractivity contribution < 1.29 is 9.21 Å². The predicted octanol–water partition coefficient (Wildman–Crippen LogP) is 2.30. The number of hydrogen-bond acceptors (Lipinski definition) is 3. The number of urea groups is 1. The molecule has 1 aliphatic rings. The molecule has 2 heterocycles. The van der Waals surface area contributed by atoms with E-state index in [0.717, 1.165) is 25.4 Å². The van der Waals surface area contributed by atoms with Crippen molar-refractivity contribution in [3.63, 3.8) is 0 Å². The van der Waals surface area contributed by atoms with Crippen LogP contribution in [0.3, 0.4) is 0 Å². The molecule has 5 nitrogen and oxygen atoms in total. The Morgan fingerprint density at radius 3 is 3.10 bits per heavy atom. The van der Waals surface area contributed by atoms with E-state index in [4.69, 9.17) is 4.42 Å². The van der Waals surface area contributed by atoms with Gasteiger partial charge in [0.25, 0.3) is 0 Å². The first-order valence-electron chi connectivity index (χ1n) is 7.46. The number of piperidine rings is 1. The van der Waals surface area contributed by atoms with Crippen molar-refractivity contribution in [3.8, 4) is 0 Å². The molecular formula is C15H25N3O2. The van der Waals surface area contributed by atoms with Crippen LogP contribution in [0.1, 0.15) is 31.9 Å². The van der Waals surface area contributed by atoms with Crippen LogP contribution in [-0.4, -0.2) is 48.6 Å². The molecule has 1 aromatic rings. The Morgan fingerprint density at radius 1 is 1.55 bits per heavy atom. The van der Waals surface area contributed by atoms with E-state index >= 15 is 0 Å². The zero-order valence-corrected chi connectivity index (χ0v) is 12.5. The zero-order valence-electron chi connectivity index (χ0n) is 12.5. The molecule has 2 rings (SSSR count). The fourth-order valence-corrected chi connectivity index (χ4v) is 2.76. The molecule has 2 amide bonds. The predicted molar refractivity (Wildman–Crippen MR) is 78.5 cm³/mol. The molecule has 5 heteroatoms. The minimum Gasteiger partial charge on any atom is -0.467 e. The lowest BCUT2D eigenvalue weighted by Gasteiger charge is -2.35. The first kappa shape index (κ1) is 14.9. The molecule has 1 atom stereocenters. The van der Waals surface area contributed by atoms with Crippen LogP contribution in [0, 0.1) is 0 Å². The van der Waals surface area contributed by atoms with Gasteiger partial charge in [0.05, 0.1) is 12.8 Å². The molecule has 0 aliphatic carbocycles. The summed E-state index contributed by atoms with van der Waals surface area (Å²) in [7, 11) is 1.79. The number of nitrogens with one attached hydrogen (secondary N) is 1. The van der Waals surface area contributed by atoms with Crippen molar-refractivity contribution in [2.24, 2.45) is 0 Å². The second kappa shape index (κ2) is 7.33. The van der Waals surface area contributed by atoms with E-state index in [2.05, 4.69) is 17.1 Å². The number of rotatable bonds is 5. The van der Waals surface area contributed by atoms with E-state index in [-0.39, 0.29) is 6.03 Å². The zero-order chi connectivity index (χ0) is 14.4. The largest absolute Gasteiger partial charge is 0.467 e. The standard InChI is InChI=1S/C15H25N3O2/c1-3-18-9-5-4-7-13(18)11-16-15(19)17(2)12-14-8-6-10-20-14/h6,8,10,13H,3-5,7,9,11-12H2,1-2H3,(H,16,19)/t13-/m1/s1. The molecule has 1 aliphatic heterocycles. The summed E-state index contributed by atoms with van der Waals surface area (Å²) in [5.41, 5.74) is 0. The Bertz CT molecular complexity index is 405. The van der Waals surface area contributed by atoms with E-state index in [1.165, 1.54) is 19.3 Å². The molecule has 112 valence electrons. The Hall–Kier alpha value is -1.49. The van der Waals surface area contributed by atoms with Crippen molar-refractivity contribution in [1.29, 1.82) is 0 Å². The van der Waals surface area contributed by atoms with Gasteiger partial charge in [0, 0.05) is 19.6 Å². The number of hydrogen-bond donors (Lipinski definition) is 1. The van der Waals surface area contributed by atoms with E-state index in [1.807, 2.05) is 12.1 Å². The average Bonchev–Trinajstić information content (AvgIpc) is 2.97. The van der Waals surface area contributed by atoms with Gasteiger partial charge in [-0.05, 0) is 38.1 Å². The third kappa shape index (κ3) is 4.00. The molecule has 0 bridgehead atoms. The SMILES string of the molecule is CCN1CCCC[C@@H]1CNC(=O)N(C)Cc1ccco1. The third-order valence-corrected chi connectivity index (χ3v) is 3.96. The van der Waals surface area contributed by atoms with Gasteiger partial charge >= 0.3 is 6.03 Å². The first-order valence-corrected chi connectivity index (χ1v) is 7.46. The number of furan rings is 1. The monoisotopic (exact) mass is 279 g/mol. The normalized spacial score (nSPS) is 19.8. The number of carbonyl (C=O) groups is 1. The van der Waals surface area contributed by atoms with Gasteiger partial charge in [-0.25, -0.2) is 4.79 Å². The molecule has 0 spiro atoms. The van der Waals surface area contributed by atoms with Crippen LogP contribution >= 0.6 is 0 Å². The molecule has 0 radical (unpaired) electrons. The number of likely N-dealkylation sites (tertiary alicyclic amines) is 1.